The van der Waals surface area contributed by atoms with Gasteiger partial charge in [-0.2, -0.15) is 26.3 Å². The highest BCUT2D eigenvalue weighted by atomic mass is 19.4. The van der Waals surface area contributed by atoms with Crippen molar-refractivity contribution in [2.24, 2.45) is 0 Å². The number of ether oxygens (including phenoxy) is 2. The summed E-state index contributed by atoms with van der Waals surface area (Å²) in [7, 11) is 0. The lowest BCUT2D eigenvalue weighted by atomic mass is 10.1. The number of carbonyl (C=O) groups is 1. The zero-order valence-corrected chi connectivity index (χ0v) is 20.6. The largest absolute Gasteiger partial charge is 0.484 e. The molecule has 0 bridgehead atoms. The fraction of sp³-hybridized carbons (Fsp3) is 0.103. The Morgan fingerprint density at radius 3 is 2.20 bits per heavy atom. The zero-order chi connectivity index (χ0) is 29.4. The Hall–Kier alpha value is -5.00. The van der Waals surface area contributed by atoms with E-state index in [4.69, 9.17) is 13.9 Å². The van der Waals surface area contributed by atoms with Gasteiger partial charge in [-0.15, -0.1) is 0 Å². The third kappa shape index (κ3) is 5.96. The van der Waals surface area contributed by atoms with E-state index in [1.165, 1.54) is 24.3 Å². The van der Waals surface area contributed by atoms with E-state index in [1.54, 1.807) is 30.3 Å². The number of hydrogen-bond donors (Lipinski definition) is 1. The van der Waals surface area contributed by atoms with Crippen LogP contribution < -0.4 is 20.2 Å². The summed E-state index contributed by atoms with van der Waals surface area (Å²) in [5.74, 6) is -3.88. The lowest BCUT2D eigenvalue weighted by molar-refractivity contribution is -0.154. The van der Waals surface area contributed by atoms with Crippen molar-refractivity contribution in [1.82, 2.24) is 0 Å². The highest BCUT2D eigenvalue weighted by Crippen LogP contribution is 2.39. The van der Waals surface area contributed by atoms with E-state index >= 15 is 0 Å². The van der Waals surface area contributed by atoms with Gasteiger partial charge < -0.3 is 19.2 Å². The minimum Gasteiger partial charge on any atom is -0.484 e. The first kappa shape index (κ1) is 27.6. The Bertz CT molecular complexity index is 1830. The molecule has 0 spiro atoms. The molecule has 12 heteroatoms. The van der Waals surface area contributed by atoms with Crippen molar-refractivity contribution in [2.45, 2.75) is 12.4 Å². The third-order valence-electron chi connectivity index (χ3n) is 5.90. The van der Waals surface area contributed by atoms with E-state index in [0.717, 1.165) is 35.7 Å². The highest BCUT2D eigenvalue weighted by Gasteiger charge is 2.40. The number of alkyl halides is 6. The molecule has 0 unspecified atom stereocenters. The van der Waals surface area contributed by atoms with Crippen LogP contribution in [0.4, 0.5) is 32.0 Å². The van der Waals surface area contributed by atoms with Gasteiger partial charge in [0.15, 0.2) is 6.61 Å². The summed E-state index contributed by atoms with van der Waals surface area (Å²) in [5.41, 5.74) is -3.16. The van der Waals surface area contributed by atoms with Gasteiger partial charge in [0.2, 0.25) is 11.2 Å². The molecule has 0 atom stereocenters. The second-order valence-corrected chi connectivity index (χ2v) is 8.74. The monoisotopic (exact) mass is 573 g/mol. The molecule has 0 radical (unpaired) electrons. The molecule has 0 aliphatic rings. The van der Waals surface area contributed by atoms with Crippen LogP contribution in [-0.4, -0.2) is 12.5 Å². The molecule has 1 N–H and O–H groups in total. The first-order valence-corrected chi connectivity index (χ1v) is 11.8. The Kier molecular flexibility index (Phi) is 7.08. The third-order valence-corrected chi connectivity index (χ3v) is 5.90. The van der Waals surface area contributed by atoms with Crippen LogP contribution >= 0.6 is 0 Å². The van der Waals surface area contributed by atoms with E-state index in [9.17, 15) is 35.9 Å². The second-order valence-electron chi connectivity index (χ2n) is 8.74. The molecule has 6 nitrogen and oxygen atoms in total. The first-order valence-electron chi connectivity index (χ1n) is 11.8. The van der Waals surface area contributed by atoms with Gasteiger partial charge in [-0.05, 0) is 47.2 Å². The topological polar surface area (TPSA) is 77.8 Å². The van der Waals surface area contributed by atoms with Crippen molar-refractivity contribution >= 4 is 33.3 Å². The van der Waals surface area contributed by atoms with Gasteiger partial charge >= 0.3 is 12.4 Å². The lowest BCUT2D eigenvalue weighted by Crippen LogP contribution is -2.22. The average molecular weight is 573 g/mol. The van der Waals surface area contributed by atoms with Gasteiger partial charge in [0.1, 0.15) is 17.1 Å². The van der Waals surface area contributed by atoms with Crippen LogP contribution in [0.15, 0.2) is 94.1 Å². The summed E-state index contributed by atoms with van der Waals surface area (Å²) in [4.78, 5) is 25.3. The molecule has 210 valence electrons. The number of amides is 1. The Morgan fingerprint density at radius 2 is 1.46 bits per heavy atom. The van der Waals surface area contributed by atoms with Crippen LogP contribution in [0.25, 0.3) is 21.7 Å². The molecule has 41 heavy (non-hydrogen) atoms. The number of hydrogen-bond acceptors (Lipinski definition) is 5. The summed E-state index contributed by atoms with van der Waals surface area (Å²) in [6.07, 6.45) is -9.82. The number of benzene rings is 4. The standard InChI is InChI=1S/C29H17F6NO5/c30-28(31,32)21-7-3-4-8-22(21)36-24(37)15-39-18-11-12-20-23(14-18)41-27(29(33,34)35)26(25(20)38)40-19-10-9-16-5-1-2-6-17(16)13-19/h1-14H,15H2,(H,36,37). The van der Waals surface area contributed by atoms with Gasteiger partial charge in [-0.25, -0.2) is 0 Å². The van der Waals surface area contributed by atoms with E-state index in [-0.39, 0.29) is 16.9 Å². The molecular formula is C29H17F6NO5. The summed E-state index contributed by atoms with van der Waals surface area (Å²) < 4.78 is 96.9. The van der Waals surface area contributed by atoms with Gasteiger partial charge in [-0.1, -0.05) is 42.5 Å². The molecule has 0 aliphatic heterocycles. The molecule has 5 aromatic rings. The van der Waals surface area contributed by atoms with Gasteiger partial charge in [0.05, 0.1) is 16.6 Å². The summed E-state index contributed by atoms with van der Waals surface area (Å²) >= 11 is 0. The van der Waals surface area contributed by atoms with Crippen molar-refractivity contribution in [3.8, 4) is 17.2 Å². The lowest BCUT2D eigenvalue weighted by Gasteiger charge is -2.15. The maximum atomic E-state index is 13.9. The Morgan fingerprint density at radius 1 is 0.780 bits per heavy atom. The van der Waals surface area contributed by atoms with E-state index in [0.29, 0.717) is 5.39 Å². The molecule has 0 fully saturated rings. The quantitative estimate of drug-likeness (QED) is 0.210. The summed E-state index contributed by atoms with van der Waals surface area (Å²) in [6.45, 7) is -0.781. The van der Waals surface area contributed by atoms with Crippen LogP contribution in [0.2, 0.25) is 0 Å². The molecule has 5 rings (SSSR count). The molecule has 4 aromatic carbocycles. The summed E-state index contributed by atoms with van der Waals surface area (Å²) in [6, 6.07) is 19.2. The van der Waals surface area contributed by atoms with Crippen LogP contribution in [0.3, 0.4) is 0 Å². The average Bonchev–Trinajstić information content (AvgIpc) is 2.92. The van der Waals surface area contributed by atoms with E-state index in [1.807, 2.05) is 0 Å². The molecule has 0 aliphatic carbocycles. The number of carbonyl (C=O) groups excluding carboxylic acids is 1. The Balaban J connectivity index is 1.41. The number of para-hydroxylation sites is 1. The maximum Gasteiger partial charge on any atom is 0.453 e. The SMILES string of the molecule is O=C(COc1ccc2c(=O)c(Oc3ccc4ccccc4c3)c(C(F)(F)F)oc2c1)Nc1ccccc1C(F)(F)F. The predicted molar refractivity (Wildman–Crippen MR) is 137 cm³/mol. The normalized spacial score (nSPS) is 12.0. The zero-order valence-electron chi connectivity index (χ0n) is 20.6. The molecule has 0 saturated heterocycles. The molecule has 1 heterocycles. The fourth-order valence-corrected chi connectivity index (χ4v) is 4.05. The highest BCUT2D eigenvalue weighted by molar-refractivity contribution is 5.93. The van der Waals surface area contributed by atoms with Crippen molar-refractivity contribution in [3.63, 3.8) is 0 Å². The molecule has 0 saturated carbocycles. The number of rotatable bonds is 6. The minimum absolute atomic E-state index is 0.0149. The Labute approximate surface area is 226 Å². The second kappa shape index (κ2) is 10.5. The van der Waals surface area contributed by atoms with Crippen molar-refractivity contribution in [2.75, 3.05) is 11.9 Å². The van der Waals surface area contributed by atoms with E-state index in [2.05, 4.69) is 5.32 Å². The molecule has 1 amide bonds. The molecule has 1 aromatic heterocycles. The molecular weight excluding hydrogens is 556 g/mol. The van der Waals surface area contributed by atoms with Crippen molar-refractivity contribution in [3.05, 3.63) is 106 Å². The van der Waals surface area contributed by atoms with Gasteiger partial charge in [0.25, 0.3) is 11.7 Å². The van der Waals surface area contributed by atoms with Crippen molar-refractivity contribution in [1.29, 1.82) is 0 Å². The predicted octanol–water partition coefficient (Wildman–Crippen LogP) is 7.79. The van der Waals surface area contributed by atoms with Gasteiger partial charge in [-0.3, -0.25) is 9.59 Å². The minimum atomic E-state index is -5.11. The maximum absolute atomic E-state index is 13.9. The van der Waals surface area contributed by atoms with Gasteiger partial charge in [0, 0.05) is 6.07 Å². The van der Waals surface area contributed by atoms with Crippen LogP contribution in [0.1, 0.15) is 11.3 Å². The van der Waals surface area contributed by atoms with Crippen molar-refractivity contribution < 1.29 is 45.0 Å². The fourth-order valence-electron chi connectivity index (χ4n) is 4.05. The number of fused-ring (bicyclic) bond motifs is 2. The number of nitrogens with one attached hydrogen (secondary N) is 1. The first-order chi connectivity index (χ1) is 19.4. The smallest absolute Gasteiger partial charge is 0.453 e. The summed E-state index contributed by atoms with van der Waals surface area (Å²) in [5, 5.41) is 3.31. The van der Waals surface area contributed by atoms with Crippen LogP contribution in [0.5, 0.6) is 17.2 Å². The number of anilines is 1. The number of halogens is 6. The van der Waals surface area contributed by atoms with Crippen LogP contribution in [0, 0.1) is 0 Å². The van der Waals surface area contributed by atoms with E-state index < -0.39 is 58.6 Å². The van der Waals surface area contributed by atoms with Crippen LogP contribution in [-0.2, 0) is 17.1 Å².